The number of methoxy groups -OCH3 is 1. The molecule has 0 fully saturated rings. The number of hydrogen-bond acceptors (Lipinski definition) is 5. The van der Waals surface area contributed by atoms with E-state index in [1.54, 1.807) is 23.7 Å². The molecular weight excluding hydrogens is 444 g/mol. The first kappa shape index (κ1) is 21.9. The van der Waals surface area contributed by atoms with Gasteiger partial charge in [0.1, 0.15) is 5.75 Å². The number of benzene rings is 3. The molecule has 7 heteroatoms. The standard InChI is InChI=1S/C27H24N4O2S/c1-17-9-14-22(18(2)15-17)28-27-31(24(16-34-27)19-10-12-20(33-4)13-11-19)29-25-21-7-5-6-8-23(21)30(3)26(25)32/h5-16H,1-4H3/b28-27?,29-25+. The Labute approximate surface area is 202 Å². The highest BCUT2D eigenvalue weighted by atomic mass is 32.1. The average molecular weight is 469 g/mol. The van der Waals surface area contributed by atoms with Gasteiger partial charge in [0.2, 0.25) is 4.80 Å². The Morgan fingerprint density at radius 2 is 1.74 bits per heavy atom. The third-order valence-corrected chi connectivity index (χ3v) is 6.68. The number of nitrogens with zero attached hydrogens (tertiary/aromatic N) is 4. The number of hydrogen-bond donors (Lipinski definition) is 0. The van der Waals surface area contributed by atoms with Crippen molar-refractivity contribution in [2.75, 3.05) is 19.1 Å². The molecule has 0 aliphatic carbocycles. The number of ether oxygens (including phenoxy) is 1. The molecule has 0 spiro atoms. The molecule has 0 N–H and O–H groups in total. The molecule has 4 aromatic rings. The number of rotatable bonds is 4. The Morgan fingerprint density at radius 3 is 2.47 bits per heavy atom. The minimum atomic E-state index is -0.141. The zero-order valence-electron chi connectivity index (χ0n) is 19.4. The van der Waals surface area contributed by atoms with Crippen LogP contribution in [0.4, 0.5) is 11.4 Å². The van der Waals surface area contributed by atoms with Gasteiger partial charge in [-0.15, -0.1) is 11.3 Å². The van der Waals surface area contributed by atoms with E-state index in [2.05, 4.69) is 13.0 Å². The summed E-state index contributed by atoms with van der Waals surface area (Å²) in [5.41, 5.74) is 7.00. The molecule has 0 bridgehead atoms. The van der Waals surface area contributed by atoms with E-state index in [0.29, 0.717) is 10.5 Å². The number of anilines is 1. The van der Waals surface area contributed by atoms with Crippen LogP contribution in [0, 0.1) is 13.8 Å². The largest absolute Gasteiger partial charge is 0.497 e. The predicted octanol–water partition coefficient (Wildman–Crippen LogP) is 5.30. The number of carbonyl (C=O) groups excluding carboxylic acids is 1. The smallest absolute Gasteiger partial charge is 0.279 e. The maximum atomic E-state index is 13.1. The Bertz CT molecular complexity index is 1500. The summed E-state index contributed by atoms with van der Waals surface area (Å²) in [5, 5.41) is 6.90. The van der Waals surface area contributed by atoms with Gasteiger partial charge in [-0.05, 0) is 55.8 Å². The lowest BCUT2D eigenvalue weighted by atomic mass is 10.1. The van der Waals surface area contributed by atoms with Crippen LogP contribution in [0.15, 0.2) is 82.2 Å². The Morgan fingerprint density at radius 1 is 0.971 bits per heavy atom. The van der Waals surface area contributed by atoms with Gasteiger partial charge in [0.05, 0.1) is 24.2 Å². The van der Waals surface area contributed by atoms with Crippen molar-refractivity contribution in [3.63, 3.8) is 0 Å². The zero-order chi connectivity index (χ0) is 23.8. The van der Waals surface area contributed by atoms with E-state index in [1.165, 1.54) is 16.9 Å². The number of carbonyl (C=O) groups is 1. The molecule has 0 saturated heterocycles. The van der Waals surface area contributed by atoms with Crippen molar-refractivity contribution in [2.45, 2.75) is 13.8 Å². The van der Waals surface area contributed by atoms with E-state index < -0.39 is 0 Å². The van der Waals surface area contributed by atoms with Crippen LogP contribution in [0.5, 0.6) is 5.75 Å². The molecule has 0 saturated carbocycles. The summed E-state index contributed by atoms with van der Waals surface area (Å²) < 4.78 is 7.09. The highest BCUT2D eigenvalue weighted by Crippen LogP contribution is 2.29. The van der Waals surface area contributed by atoms with E-state index in [4.69, 9.17) is 14.8 Å². The van der Waals surface area contributed by atoms with E-state index in [0.717, 1.165) is 39.5 Å². The summed E-state index contributed by atoms with van der Waals surface area (Å²) >= 11 is 1.49. The Hall–Kier alpha value is -3.97. The lowest BCUT2D eigenvalue weighted by molar-refractivity contribution is -0.112. The van der Waals surface area contributed by atoms with Gasteiger partial charge in [-0.3, -0.25) is 4.79 Å². The highest BCUT2D eigenvalue weighted by Gasteiger charge is 2.31. The Kier molecular flexibility index (Phi) is 5.63. The minimum absolute atomic E-state index is 0.141. The number of aromatic nitrogens is 1. The number of likely N-dealkylation sites (N-methyl/N-ethyl adjacent to an activating group) is 1. The number of para-hydroxylation sites is 1. The van der Waals surface area contributed by atoms with Crippen LogP contribution >= 0.6 is 11.3 Å². The summed E-state index contributed by atoms with van der Waals surface area (Å²) in [5.74, 6) is 0.636. The number of fused-ring (bicyclic) bond motifs is 1. The first-order valence-electron chi connectivity index (χ1n) is 10.9. The van der Waals surface area contributed by atoms with Crippen LogP contribution < -0.4 is 14.4 Å². The quantitative estimate of drug-likeness (QED) is 0.408. The van der Waals surface area contributed by atoms with Crippen molar-refractivity contribution in [2.24, 2.45) is 10.1 Å². The molecule has 0 atom stereocenters. The van der Waals surface area contributed by atoms with Gasteiger partial charge in [0.15, 0.2) is 5.71 Å². The summed E-state index contributed by atoms with van der Waals surface area (Å²) in [6.07, 6.45) is 0. The van der Waals surface area contributed by atoms with E-state index in [1.807, 2.05) is 73.0 Å². The van der Waals surface area contributed by atoms with Crippen LogP contribution in [0.3, 0.4) is 0 Å². The SMILES string of the molecule is COc1ccc(-c2csc(=Nc3ccc(C)cc3C)n2/N=C2/C(=O)N(C)c3ccccc32)cc1. The molecule has 2 heterocycles. The minimum Gasteiger partial charge on any atom is -0.497 e. The molecule has 1 aliphatic heterocycles. The average Bonchev–Trinajstić information content (AvgIpc) is 3.35. The van der Waals surface area contributed by atoms with Crippen molar-refractivity contribution in [1.82, 2.24) is 4.68 Å². The van der Waals surface area contributed by atoms with Gasteiger partial charge in [0.25, 0.3) is 5.91 Å². The fourth-order valence-corrected chi connectivity index (χ4v) is 4.86. The predicted molar refractivity (Wildman–Crippen MR) is 137 cm³/mol. The van der Waals surface area contributed by atoms with Gasteiger partial charge in [0, 0.05) is 23.6 Å². The topological polar surface area (TPSA) is 59.2 Å². The molecule has 1 aromatic heterocycles. The van der Waals surface area contributed by atoms with Gasteiger partial charge >= 0.3 is 0 Å². The van der Waals surface area contributed by atoms with Gasteiger partial charge in [-0.25, -0.2) is 9.67 Å². The first-order valence-corrected chi connectivity index (χ1v) is 11.8. The zero-order valence-corrected chi connectivity index (χ0v) is 20.3. The molecule has 1 amide bonds. The highest BCUT2D eigenvalue weighted by molar-refractivity contribution is 7.07. The fourth-order valence-electron chi connectivity index (χ4n) is 4.01. The van der Waals surface area contributed by atoms with Crippen molar-refractivity contribution >= 4 is 34.3 Å². The van der Waals surface area contributed by atoms with Crippen LogP contribution in [0.25, 0.3) is 11.3 Å². The maximum Gasteiger partial charge on any atom is 0.279 e. The van der Waals surface area contributed by atoms with E-state index in [9.17, 15) is 4.79 Å². The number of amides is 1. The number of thiazole rings is 1. The van der Waals surface area contributed by atoms with Crippen LogP contribution in [0.2, 0.25) is 0 Å². The first-order chi connectivity index (χ1) is 16.5. The third-order valence-electron chi connectivity index (χ3n) is 5.87. The molecule has 170 valence electrons. The second-order valence-corrected chi connectivity index (χ2v) is 9.01. The lowest BCUT2D eigenvalue weighted by Crippen LogP contribution is -2.27. The molecule has 3 aromatic carbocycles. The fraction of sp³-hybridized carbons (Fsp3) is 0.148. The van der Waals surface area contributed by atoms with Crippen LogP contribution in [0.1, 0.15) is 16.7 Å². The van der Waals surface area contributed by atoms with Crippen molar-refractivity contribution < 1.29 is 9.53 Å². The summed E-state index contributed by atoms with van der Waals surface area (Å²) in [7, 11) is 3.42. The lowest BCUT2D eigenvalue weighted by Gasteiger charge is -2.08. The third kappa shape index (κ3) is 3.84. The maximum absolute atomic E-state index is 13.1. The molecule has 0 unspecified atom stereocenters. The monoisotopic (exact) mass is 468 g/mol. The van der Waals surface area contributed by atoms with Gasteiger partial charge < -0.3 is 9.64 Å². The molecular formula is C27H24N4O2S. The van der Waals surface area contributed by atoms with Gasteiger partial charge in [-0.2, -0.15) is 5.10 Å². The van der Waals surface area contributed by atoms with Crippen molar-refractivity contribution in [3.05, 3.63) is 93.6 Å². The van der Waals surface area contributed by atoms with Crippen LogP contribution in [-0.4, -0.2) is 30.5 Å². The second kappa shape index (κ2) is 8.76. The van der Waals surface area contributed by atoms with Crippen LogP contribution in [-0.2, 0) is 4.79 Å². The van der Waals surface area contributed by atoms with Crippen molar-refractivity contribution in [1.29, 1.82) is 0 Å². The second-order valence-electron chi connectivity index (χ2n) is 8.18. The summed E-state index contributed by atoms with van der Waals surface area (Å²) in [6.45, 7) is 4.11. The summed E-state index contributed by atoms with van der Waals surface area (Å²) in [4.78, 5) is 20.4. The van der Waals surface area contributed by atoms with Crippen molar-refractivity contribution in [3.8, 4) is 17.0 Å². The normalized spacial score (nSPS) is 14.7. The summed E-state index contributed by atoms with van der Waals surface area (Å²) in [6, 6.07) is 21.7. The molecule has 5 rings (SSSR count). The van der Waals surface area contributed by atoms with Gasteiger partial charge in [-0.1, -0.05) is 35.9 Å². The van der Waals surface area contributed by atoms with E-state index in [-0.39, 0.29) is 5.91 Å². The molecule has 0 radical (unpaired) electrons. The Balaban J connectivity index is 1.74. The molecule has 1 aliphatic rings. The van der Waals surface area contributed by atoms with E-state index >= 15 is 0 Å². The molecule has 34 heavy (non-hydrogen) atoms. The molecule has 6 nitrogen and oxygen atoms in total. The number of aryl methyl sites for hydroxylation is 2.